The van der Waals surface area contributed by atoms with E-state index < -0.39 is 22.9 Å². The van der Waals surface area contributed by atoms with Crippen LogP contribution in [-0.2, 0) is 9.53 Å². The Hall–Kier alpha value is -0.610. The van der Waals surface area contributed by atoms with Gasteiger partial charge in [-0.2, -0.15) is 0 Å². The molecule has 2 N–H and O–H groups in total. The van der Waals surface area contributed by atoms with Gasteiger partial charge in [0.15, 0.2) is 0 Å². The molecule has 0 aromatic heterocycles. The molecule has 0 radical (unpaired) electrons. The van der Waals surface area contributed by atoms with E-state index in [1.54, 1.807) is 6.92 Å². The number of carboxylic acid groups (broad SMARTS) is 1. The van der Waals surface area contributed by atoms with Gasteiger partial charge in [-0.05, 0) is 25.2 Å². The van der Waals surface area contributed by atoms with Crippen LogP contribution in [0.2, 0.25) is 0 Å². The number of hydrogen-bond donors (Lipinski definition) is 2. The molecule has 1 spiro atoms. The van der Waals surface area contributed by atoms with Crippen molar-refractivity contribution < 1.29 is 19.7 Å². The fourth-order valence-electron chi connectivity index (χ4n) is 5.59. The fourth-order valence-corrected chi connectivity index (χ4v) is 5.59. The van der Waals surface area contributed by atoms with Crippen molar-refractivity contribution in [1.29, 1.82) is 0 Å². The van der Waals surface area contributed by atoms with Gasteiger partial charge in [-0.25, -0.2) is 0 Å². The van der Waals surface area contributed by atoms with Gasteiger partial charge in [0.1, 0.15) is 5.60 Å². The predicted octanol–water partition coefficient (Wildman–Crippen LogP) is 2.20. The molecule has 1 unspecified atom stereocenters. The summed E-state index contributed by atoms with van der Waals surface area (Å²) in [5.74, 6) is -1.64. The van der Waals surface area contributed by atoms with Gasteiger partial charge in [0.05, 0.1) is 17.6 Å². The van der Waals surface area contributed by atoms with Crippen LogP contribution < -0.4 is 0 Å². The number of carboxylic acids is 1. The monoisotopic (exact) mass is 268 g/mol. The topological polar surface area (TPSA) is 70.1 Å². The van der Waals surface area contributed by atoms with Gasteiger partial charge >= 0.3 is 5.97 Å². The van der Waals surface area contributed by atoms with E-state index in [2.05, 4.69) is 13.8 Å². The lowest BCUT2D eigenvalue weighted by atomic mass is 9.45. The quantitative estimate of drug-likeness (QED) is 0.715. The molecular weight excluding hydrogens is 244 g/mol. The molecule has 1 aliphatic heterocycles. The van der Waals surface area contributed by atoms with Crippen molar-refractivity contribution >= 4 is 5.97 Å². The van der Waals surface area contributed by atoms with Gasteiger partial charge in [0, 0.05) is 11.8 Å². The molecule has 2 saturated carbocycles. The molecule has 1 saturated heterocycles. The molecule has 5 atom stereocenters. The number of aliphatic carboxylic acids is 1. The van der Waals surface area contributed by atoms with Crippen molar-refractivity contribution in [3.8, 4) is 0 Å². The molecule has 0 bridgehead atoms. The second-order valence-electron chi connectivity index (χ2n) is 7.83. The minimum atomic E-state index is -1.18. The normalized spacial score (nSPS) is 55.0. The highest BCUT2D eigenvalue weighted by Crippen LogP contribution is 2.73. The van der Waals surface area contributed by atoms with Crippen molar-refractivity contribution in [2.75, 3.05) is 0 Å². The number of aliphatic hydroxyl groups is 1. The smallest absolute Gasteiger partial charge is 0.310 e. The Morgan fingerprint density at radius 2 is 1.84 bits per heavy atom. The summed E-state index contributed by atoms with van der Waals surface area (Å²) in [6.45, 7) is 8.04. The summed E-state index contributed by atoms with van der Waals surface area (Å²) in [7, 11) is 0. The SMILES string of the molecule is CC1(C)CCCC2(C)[C@@H](C(=O)O)[C@](C)(O)C[C@H]3O[C@]312. The minimum Gasteiger partial charge on any atom is -0.481 e. The second kappa shape index (κ2) is 3.34. The first-order chi connectivity index (χ1) is 8.58. The third kappa shape index (κ3) is 1.34. The van der Waals surface area contributed by atoms with E-state index in [1.807, 2.05) is 6.92 Å². The molecule has 0 aromatic rings. The molecule has 2 aliphatic carbocycles. The standard InChI is InChI=1S/C15H24O4/c1-12(2)6-5-7-13(3)10(11(16)17)14(4,18)8-9-15(12,13)19-9/h9-10,18H,5-8H2,1-4H3,(H,16,17)/t9-,10-,13?,14-,15-/m1/s1. The summed E-state index contributed by atoms with van der Waals surface area (Å²) in [5, 5.41) is 20.3. The molecule has 108 valence electrons. The number of carbonyl (C=O) groups is 1. The fraction of sp³-hybridized carbons (Fsp3) is 0.933. The first kappa shape index (κ1) is 13.4. The highest BCUT2D eigenvalue weighted by atomic mass is 16.6. The molecule has 0 aromatic carbocycles. The van der Waals surface area contributed by atoms with E-state index in [-0.39, 0.29) is 17.1 Å². The second-order valence-corrected chi connectivity index (χ2v) is 7.83. The van der Waals surface area contributed by atoms with Crippen LogP contribution in [0.5, 0.6) is 0 Å². The number of rotatable bonds is 1. The van der Waals surface area contributed by atoms with E-state index in [0.29, 0.717) is 6.42 Å². The zero-order valence-electron chi connectivity index (χ0n) is 12.2. The van der Waals surface area contributed by atoms with Crippen molar-refractivity contribution in [3.63, 3.8) is 0 Å². The Morgan fingerprint density at radius 3 is 2.42 bits per heavy atom. The maximum Gasteiger partial charge on any atom is 0.310 e. The highest BCUT2D eigenvalue weighted by Gasteiger charge is 2.81. The van der Waals surface area contributed by atoms with Crippen LogP contribution in [0.4, 0.5) is 0 Å². The van der Waals surface area contributed by atoms with Gasteiger partial charge in [-0.15, -0.1) is 0 Å². The average Bonchev–Trinajstić information content (AvgIpc) is 2.88. The molecule has 1 heterocycles. The molecular formula is C15H24O4. The van der Waals surface area contributed by atoms with Gasteiger partial charge in [-0.1, -0.05) is 27.2 Å². The first-order valence-corrected chi connectivity index (χ1v) is 7.21. The lowest BCUT2D eigenvalue weighted by Crippen LogP contribution is -2.65. The van der Waals surface area contributed by atoms with E-state index >= 15 is 0 Å². The summed E-state index contributed by atoms with van der Waals surface area (Å²) in [6.07, 6.45) is 3.33. The summed E-state index contributed by atoms with van der Waals surface area (Å²) >= 11 is 0. The summed E-state index contributed by atoms with van der Waals surface area (Å²) < 4.78 is 6.08. The maximum atomic E-state index is 11.8. The highest BCUT2D eigenvalue weighted by molar-refractivity contribution is 5.74. The summed E-state index contributed by atoms with van der Waals surface area (Å²) in [6, 6.07) is 0. The molecule has 19 heavy (non-hydrogen) atoms. The van der Waals surface area contributed by atoms with Crippen molar-refractivity contribution in [1.82, 2.24) is 0 Å². The van der Waals surface area contributed by atoms with E-state index in [1.165, 1.54) is 0 Å². The Bertz CT molecular complexity index is 441. The van der Waals surface area contributed by atoms with Gasteiger partial charge < -0.3 is 14.9 Å². The number of epoxide rings is 1. The van der Waals surface area contributed by atoms with Crippen LogP contribution in [0.3, 0.4) is 0 Å². The Labute approximate surface area is 114 Å². The van der Waals surface area contributed by atoms with Crippen LogP contribution in [0.25, 0.3) is 0 Å². The molecule has 3 rings (SSSR count). The molecule has 0 amide bonds. The zero-order chi connectivity index (χ0) is 14.3. The van der Waals surface area contributed by atoms with Gasteiger partial charge in [0.2, 0.25) is 0 Å². The van der Waals surface area contributed by atoms with Crippen molar-refractivity contribution in [2.45, 2.75) is 70.7 Å². The largest absolute Gasteiger partial charge is 0.481 e. The Morgan fingerprint density at radius 1 is 1.21 bits per heavy atom. The van der Waals surface area contributed by atoms with Crippen molar-refractivity contribution in [3.05, 3.63) is 0 Å². The molecule has 4 nitrogen and oxygen atoms in total. The zero-order valence-corrected chi connectivity index (χ0v) is 12.2. The minimum absolute atomic E-state index is 0.0124. The van der Waals surface area contributed by atoms with Crippen LogP contribution in [0.15, 0.2) is 0 Å². The third-order valence-corrected chi connectivity index (χ3v) is 6.18. The predicted molar refractivity (Wildman–Crippen MR) is 69.7 cm³/mol. The van der Waals surface area contributed by atoms with Gasteiger partial charge in [0.25, 0.3) is 0 Å². The van der Waals surface area contributed by atoms with E-state index in [0.717, 1.165) is 19.3 Å². The van der Waals surface area contributed by atoms with Gasteiger partial charge in [-0.3, -0.25) is 4.79 Å². The summed E-state index contributed by atoms with van der Waals surface area (Å²) in [5.41, 5.74) is -2.04. The molecule has 3 fully saturated rings. The van der Waals surface area contributed by atoms with Crippen LogP contribution in [0.1, 0.15) is 53.4 Å². The van der Waals surface area contributed by atoms with Crippen LogP contribution in [0, 0.1) is 16.7 Å². The molecule has 4 heteroatoms. The third-order valence-electron chi connectivity index (χ3n) is 6.18. The lowest BCUT2D eigenvalue weighted by molar-refractivity contribution is -0.184. The first-order valence-electron chi connectivity index (χ1n) is 7.21. The van der Waals surface area contributed by atoms with Crippen molar-refractivity contribution in [2.24, 2.45) is 16.7 Å². The lowest BCUT2D eigenvalue weighted by Gasteiger charge is -2.57. The average molecular weight is 268 g/mol. The molecule has 3 aliphatic rings. The number of ether oxygens (including phenoxy) is 1. The maximum absolute atomic E-state index is 11.8. The Balaban J connectivity index is 2.14. The Kier molecular flexibility index (Phi) is 2.35. The van der Waals surface area contributed by atoms with E-state index in [9.17, 15) is 15.0 Å². The van der Waals surface area contributed by atoms with Crippen LogP contribution in [-0.4, -0.2) is 33.5 Å². The number of hydrogen-bond acceptors (Lipinski definition) is 3. The summed E-state index contributed by atoms with van der Waals surface area (Å²) in [4.78, 5) is 11.8. The van der Waals surface area contributed by atoms with E-state index in [4.69, 9.17) is 4.74 Å². The van der Waals surface area contributed by atoms with Crippen LogP contribution >= 0.6 is 0 Å².